The fraction of sp³-hybridized carbons (Fsp3) is 0.462. The van der Waals surface area contributed by atoms with Crippen molar-refractivity contribution in [1.82, 2.24) is 5.32 Å². The highest BCUT2D eigenvalue weighted by Crippen LogP contribution is 2.17. The first kappa shape index (κ1) is 12.7. The third kappa shape index (κ3) is 3.07. The summed E-state index contributed by atoms with van der Waals surface area (Å²) < 4.78 is 0. The average molecular weight is 220 g/mol. The van der Waals surface area contributed by atoms with Crippen LogP contribution in [0, 0.1) is 0 Å². The summed E-state index contributed by atoms with van der Waals surface area (Å²) in [4.78, 5) is 11.9. The summed E-state index contributed by atoms with van der Waals surface area (Å²) in [6.45, 7) is 4.52. The van der Waals surface area contributed by atoms with Crippen LogP contribution in [0.4, 0.5) is 0 Å². The van der Waals surface area contributed by atoms with Crippen LogP contribution in [0.25, 0.3) is 0 Å². The van der Waals surface area contributed by atoms with Gasteiger partial charge in [0.1, 0.15) is 5.54 Å². The van der Waals surface area contributed by atoms with Gasteiger partial charge in [0.25, 0.3) is 0 Å². The molecule has 1 amide bonds. The minimum Gasteiger partial charge on any atom is -0.354 e. The van der Waals surface area contributed by atoms with Crippen molar-refractivity contribution < 1.29 is 4.79 Å². The molecule has 0 saturated heterocycles. The average Bonchev–Trinajstić information content (AvgIpc) is 2.30. The molecule has 0 saturated carbocycles. The van der Waals surface area contributed by atoms with E-state index >= 15 is 0 Å². The smallest absolute Gasteiger partial charge is 0.244 e. The number of nitrogens with one attached hydrogen (secondary N) is 1. The predicted molar refractivity (Wildman–Crippen MR) is 65.9 cm³/mol. The van der Waals surface area contributed by atoms with Gasteiger partial charge in [-0.15, -0.1) is 0 Å². The van der Waals surface area contributed by atoms with E-state index in [9.17, 15) is 4.79 Å². The van der Waals surface area contributed by atoms with E-state index in [0.29, 0.717) is 6.54 Å². The molecule has 3 nitrogen and oxygen atoms in total. The zero-order valence-corrected chi connectivity index (χ0v) is 9.99. The van der Waals surface area contributed by atoms with Gasteiger partial charge in [0.05, 0.1) is 0 Å². The van der Waals surface area contributed by atoms with E-state index in [1.54, 1.807) is 6.92 Å². The monoisotopic (exact) mass is 220 g/mol. The van der Waals surface area contributed by atoms with Gasteiger partial charge in [0.15, 0.2) is 0 Å². The minimum atomic E-state index is -0.949. The first-order chi connectivity index (χ1) is 7.59. The molecule has 0 heterocycles. The van der Waals surface area contributed by atoms with E-state index in [1.165, 1.54) is 0 Å². The summed E-state index contributed by atoms with van der Waals surface area (Å²) >= 11 is 0. The number of nitrogens with two attached hydrogens (primary N) is 1. The Bertz CT molecular complexity index is 333. The molecule has 1 aromatic carbocycles. The van der Waals surface area contributed by atoms with Crippen LogP contribution in [0.1, 0.15) is 32.3 Å². The molecule has 1 rings (SSSR count). The molecule has 3 N–H and O–H groups in total. The van der Waals surface area contributed by atoms with Crippen molar-refractivity contribution in [3.05, 3.63) is 35.9 Å². The number of carbonyl (C=O) groups excluding carboxylic acids is 1. The summed E-state index contributed by atoms with van der Waals surface area (Å²) in [6, 6.07) is 9.44. The number of hydrogen-bond donors (Lipinski definition) is 2. The third-order valence-electron chi connectivity index (χ3n) is 2.66. The van der Waals surface area contributed by atoms with Crippen LogP contribution in [-0.4, -0.2) is 12.5 Å². The second-order valence-electron chi connectivity index (χ2n) is 4.18. The van der Waals surface area contributed by atoms with Crippen molar-refractivity contribution in [2.45, 2.75) is 32.2 Å². The molecule has 0 fully saturated rings. The molecule has 1 aromatic rings. The lowest BCUT2D eigenvalue weighted by atomic mass is 9.92. The number of carbonyl (C=O) groups is 1. The fourth-order valence-electron chi connectivity index (χ4n) is 1.48. The molecule has 0 aromatic heterocycles. The van der Waals surface area contributed by atoms with Crippen molar-refractivity contribution in [3.63, 3.8) is 0 Å². The number of unbranched alkanes of at least 4 members (excludes halogenated alkanes) is 1. The molecule has 3 heteroatoms. The lowest BCUT2D eigenvalue weighted by Crippen LogP contribution is -2.49. The highest BCUT2D eigenvalue weighted by molar-refractivity contribution is 5.86. The van der Waals surface area contributed by atoms with E-state index in [4.69, 9.17) is 5.73 Å². The van der Waals surface area contributed by atoms with Gasteiger partial charge in [0, 0.05) is 6.54 Å². The molecule has 0 bridgehead atoms. The first-order valence-corrected chi connectivity index (χ1v) is 5.71. The van der Waals surface area contributed by atoms with Gasteiger partial charge in [-0.2, -0.15) is 0 Å². The van der Waals surface area contributed by atoms with Crippen molar-refractivity contribution in [2.75, 3.05) is 6.54 Å². The predicted octanol–water partition coefficient (Wildman–Crippen LogP) is 1.78. The third-order valence-corrected chi connectivity index (χ3v) is 2.66. The summed E-state index contributed by atoms with van der Waals surface area (Å²) in [5, 5.41) is 2.86. The van der Waals surface area contributed by atoms with Crippen LogP contribution < -0.4 is 11.1 Å². The SMILES string of the molecule is CCCCNC(=O)C(C)(N)c1ccccc1. The van der Waals surface area contributed by atoms with Gasteiger partial charge in [-0.1, -0.05) is 43.7 Å². The molecule has 0 aliphatic rings. The summed E-state index contributed by atoms with van der Waals surface area (Å²) in [7, 11) is 0. The van der Waals surface area contributed by atoms with Gasteiger partial charge in [-0.25, -0.2) is 0 Å². The maximum absolute atomic E-state index is 11.9. The molecule has 0 radical (unpaired) electrons. The number of benzene rings is 1. The van der Waals surface area contributed by atoms with E-state index in [-0.39, 0.29) is 5.91 Å². The molecule has 0 spiro atoms. The quantitative estimate of drug-likeness (QED) is 0.743. The summed E-state index contributed by atoms with van der Waals surface area (Å²) in [5.74, 6) is -0.118. The van der Waals surface area contributed by atoms with Gasteiger partial charge < -0.3 is 11.1 Å². The standard InChI is InChI=1S/C13H20N2O/c1-3-4-10-15-12(16)13(2,14)11-8-6-5-7-9-11/h5-9H,3-4,10,14H2,1-2H3,(H,15,16). The topological polar surface area (TPSA) is 55.1 Å². The molecule has 0 aliphatic carbocycles. The second kappa shape index (κ2) is 5.66. The van der Waals surface area contributed by atoms with Crippen LogP contribution in [-0.2, 0) is 10.3 Å². The van der Waals surface area contributed by atoms with Crippen molar-refractivity contribution in [3.8, 4) is 0 Å². The maximum Gasteiger partial charge on any atom is 0.244 e. The number of amides is 1. The lowest BCUT2D eigenvalue weighted by molar-refractivity contribution is -0.126. The largest absolute Gasteiger partial charge is 0.354 e. The molecule has 1 unspecified atom stereocenters. The Morgan fingerprint density at radius 1 is 1.38 bits per heavy atom. The van der Waals surface area contributed by atoms with Crippen molar-refractivity contribution in [1.29, 1.82) is 0 Å². The van der Waals surface area contributed by atoms with Gasteiger partial charge in [-0.3, -0.25) is 4.79 Å². The highest BCUT2D eigenvalue weighted by Gasteiger charge is 2.29. The molecular formula is C13H20N2O. The second-order valence-corrected chi connectivity index (χ2v) is 4.18. The lowest BCUT2D eigenvalue weighted by Gasteiger charge is -2.24. The number of hydrogen-bond acceptors (Lipinski definition) is 2. The number of rotatable bonds is 5. The zero-order valence-electron chi connectivity index (χ0n) is 9.99. The molecule has 88 valence electrons. The van der Waals surface area contributed by atoms with Gasteiger partial charge >= 0.3 is 0 Å². The van der Waals surface area contributed by atoms with Crippen LogP contribution in [0.3, 0.4) is 0 Å². The summed E-state index contributed by atoms with van der Waals surface area (Å²) in [6.07, 6.45) is 2.05. The maximum atomic E-state index is 11.9. The first-order valence-electron chi connectivity index (χ1n) is 5.71. The Hall–Kier alpha value is -1.35. The minimum absolute atomic E-state index is 0.118. The summed E-state index contributed by atoms with van der Waals surface area (Å²) in [5.41, 5.74) is 5.94. The van der Waals surface area contributed by atoms with Crippen LogP contribution >= 0.6 is 0 Å². The Labute approximate surface area is 97.0 Å². The van der Waals surface area contributed by atoms with Crippen molar-refractivity contribution >= 4 is 5.91 Å². The van der Waals surface area contributed by atoms with Crippen LogP contribution in [0.2, 0.25) is 0 Å². The normalized spacial score (nSPS) is 14.2. The molecule has 16 heavy (non-hydrogen) atoms. The van der Waals surface area contributed by atoms with Crippen molar-refractivity contribution in [2.24, 2.45) is 5.73 Å². The highest BCUT2D eigenvalue weighted by atomic mass is 16.2. The molecular weight excluding hydrogens is 200 g/mol. The van der Waals surface area contributed by atoms with E-state index in [1.807, 2.05) is 30.3 Å². The molecule has 0 aliphatic heterocycles. The van der Waals surface area contributed by atoms with E-state index < -0.39 is 5.54 Å². The Kier molecular flexibility index (Phi) is 4.50. The van der Waals surface area contributed by atoms with Crippen LogP contribution in [0.5, 0.6) is 0 Å². The van der Waals surface area contributed by atoms with Gasteiger partial charge in [0.2, 0.25) is 5.91 Å². The zero-order chi connectivity index (χ0) is 12.0. The fourth-order valence-corrected chi connectivity index (χ4v) is 1.48. The molecule has 1 atom stereocenters. The van der Waals surface area contributed by atoms with E-state index in [2.05, 4.69) is 12.2 Å². The van der Waals surface area contributed by atoms with Crippen LogP contribution in [0.15, 0.2) is 30.3 Å². The van der Waals surface area contributed by atoms with E-state index in [0.717, 1.165) is 18.4 Å². The Morgan fingerprint density at radius 2 is 2.00 bits per heavy atom. The van der Waals surface area contributed by atoms with Gasteiger partial charge in [-0.05, 0) is 18.9 Å². The Morgan fingerprint density at radius 3 is 2.56 bits per heavy atom. The Balaban J connectivity index is 2.66.